The van der Waals surface area contributed by atoms with Gasteiger partial charge in [0, 0.05) is 26.1 Å². The van der Waals surface area contributed by atoms with Gasteiger partial charge in [0.1, 0.15) is 6.34 Å². The molecule has 3 nitrogen and oxygen atoms in total. The van der Waals surface area contributed by atoms with E-state index in [1.807, 2.05) is 23.7 Å². The lowest BCUT2D eigenvalue weighted by Gasteiger charge is -2.09. The lowest BCUT2D eigenvalue weighted by molar-refractivity contribution is 0.555. The zero-order valence-electron chi connectivity index (χ0n) is 6.45. The Kier molecular flexibility index (Phi) is 6.27. The molecule has 4 heteroatoms. The first kappa shape index (κ1) is 9.49. The zero-order valence-corrected chi connectivity index (χ0v) is 7.27. The fourth-order valence-corrected chi connectivity index (χ4v) is 0.888. The predicted octanol–water partition coefficient (Wildman–Crippen LogP) is 0.925. The molecule has 0 spiro atoms. The normalized spacial score (nSPS) is 10.2. The van der Waals surface area contributed by atoms with Gasteiger partial charge >= 0.3 is 0 Å². The fraction of sp³-hybridized carbons (Fsp3) is 0.667. The molecule has 0 N–H and O–H groups in total. The first-order valence-corrected chi connectivity index (χ1v) is 4.39. The average molecular weight is 159 g/mol. The topological polar surface area (TPSA) is 28.0 Å². The van der Waals surface area contributed by atoms with Crippen molar-refractivity contribution >= 4 is 24.8 Å². The van der Waals surface area contributed by atoms with Crippen LogP contribution in [0.3, 0.4) is 0 Å². The van der Waals surface area contributed by atoms with Crippen molar-refractivity contribution in [2.75, 3.05) is 25.6 Å². The van der Waals surface area contributed by atoms with Crippen molar-refractivity contribution in [3.63, 3.8) is 0 Å². The van der Waals surface area contributed by atoms with Gasteiger partial charge in [-0.2, -0.15) is 16.9 Å². The summed E-state index contributed by atoms with van der Waals surface area (Å²) in [6, 6.07) is 0. The van der Waals surface area contributed by atoms with Gasteiger partial charge in [-0.25, -0.2) is 0 Å². The fourth-order valence-electron chi connectivity index (χ4n) is 0.418. The van der Waals surface area contributed by atoms with E-state index in [9.17, 15) is 0 Å². The molecular weight excluding hydrogens is 146 g/mol. The number of rotatable bonds is 5. The van der Waals surface area contributed by atoms with E-state index in [0.29, 0.717) is 0 Å². The Labute approximate surface area is 66.2 Å². The Bertz CT molecular complexity index is 114. The molecule has 0 aliphatic carbocycles. The Morgan fingerprint density at radius 2 is 2.40 bits per heavy atom. The molecule has 0 aromatic rings. The third-order valence-electron chi connectivity index (χ3n) is 0.979. The highest BCUT2D eigenvalue weighted by Gasteiger charge is 1.88. The monoisotopic (exact) mass is 159 g/mol. The Balaban J connectivity index is 3.32. The molecule has 0 aliphatic rings. The quantitative estimate of drug-likeness (QED) is 0.339. The number of nitrogens with zero attached hydrogens (tertiary/aromatic N) is 3. The standard InChI is InChI=1S/C6H13N3S/c1-7-8-6-9(2)4-5-10-3/h6H,1,4-5H2,2-3H3/b8-6-. The summed E-state index contributed by atoms with van der Waals surface area (Å²) >= 11 is 1.81. The molecular formula is C6H13N3S. The first-order chi connectivity index (χ1) is 4.81. The van der Waals surface area contributed by atoms with Crippen LogP contribution in [0.15, 0.2) is 10.2 Å². The smallest absolute Gasteiger partial charge is 0.113 e. The van der Waals surface area contributed by atoms with Crippen molar-refractivity contribution in [1.82, 2.24) is 4.90 Å². The first-order valence-electron chi connectivity index (χ1n) is 2.99. The van der Waals surface area contributed by atoms with Gasteiger partial charge in [-0.05, 0) is 6.26 Å². The Hall–Kier alpha value is -0.510. The van der Waals surface area contributed by atoms with E-state index in [0.717, 1.165) is 12.3 Å². The van der Waals surface area contributed by atoms with Gasteiger partial charge in [0.2, 0.25) is 0 Å². The van der Waals surface area contributed by atoms with Gasteiger partial charge < -0.3 is 4.90 Å². The summed E-state index contributed by atoms with van der Waals surface area (Å²) in [6.07, 6.45) is 3.75. The summed E-state index contributed by atoms with van der Waals surface area (Å²) in [5, 5.41) is 6.98. The molecule has 0 fully saturated rings. The van der Waals surface area contributed by atoms with Crippen LogP contribution in [0.1, 0.15) is 0 Å². The van der Waals surface area contributed by atoms with Crippen molar-refractivity contribution in [3.8, 4) is 0 Å². The van der Waals surface area contributed by atoms with Crippen LogP contribution >= 0.6 is 11.8 Å². The largest absolute Gasteiger partial charge is 0.363 e. The minimum atomic E-state index is 1.00. The van der Waals surface area contributed by atoms with Crippen LogP contribution in [-0.2, 0) is 0 Å². The minimum Gasteiger partial charge on any atom is -0.363 e. The SMILES string of the molecule is C=N/N=C\N(C)CCSC. The molecule has 0 saturated heterocycles. The van der Waals surface area contributed by atoms with Crippen LogP contribution in [-0.4, -0.2) is 43.6 Å². The maximum Gasteiger partial charge on any atom is 0.113 e. The lowest BCUT2D eigenvalue weighted by atomic mass is 10.7. The van der Waals surface area contributed by atoms with Crippen molar-refractivity contribution < 1.29 is 0 Å². The van der Waals surface area contributed by atoms with Crippen LogP contribution in [0.2, 0.25) is 0 Å². The molecule has 0 heterocycles. The number of thioether (sulfide) groups is 1. The van der Waals surface area contributed by atoms with Gasteiger partial charge in [0.05, 0.1) is 0 Å². The lowest BCUT2D eigenvalue weighted by Crippen LogP contribution is -2.18. The van der Waals surface area contributed by atoms with E-state index in [1.54, 1.807) is 6.34 Å². The van der Waals surface area contributed by atoms with Crippen LogP contribution in [0.5, 0.6) is 0 Å². The van der Waals surface area contributed by atoms with E-state index in [-0.39, 0.29) is 0 Å². The second-order valence-corrected chi connectivity index (χ2v) is 2.83. The van der Waals surface area contributed by atoms with Gasteiger partial charge in [-0.15, -0.1) is 5.10 Å². The van der Waals surface area contributed by atoms with Crippen LogP contribution in [0.25, 0.3) is 0 Å². The average Bonchev–Trinajstić information content (AvgIpc) is 1.97. The van der Waals surface area contributed by atoms with Gasteiger partial charge in [0.25, 0.3) is 0 Å². The summed E-state index contributed by atoms with van der Waals surface area (Å²) in [5.74, 6) is 1.11. The molecule has 0 aromatic heterocycles. The summed E-state index contributed by atoms with van der Waals surface area (Å²) in [7, 11) is 1.96. The van der Waals surface area contributed by atoms with Crippen LogP contribution < -0.4 is 0 Å². The van der Waals surface area contributed by atoms with Gasteiger partial charge in [-0.3, -0.25) is 0 Å². The molecule has 58 valence electrons. The third kappa shape index (κ3) is 5.62. The van der Waals surface area contributed by atoms with Crippen molar-refractivity contribution in [2.45, 2.75) is 0 Å². The highest BCUT2D eigenvalue weighted by molar-refractivity contribution is 7.98. The van der Waals surface area contributed by atoms with Crippen LogP contribution in [0, 0.1) is 0 Å². The molecule has 0 saturated carbocycles. The maximum atomic E-state index is 3.63. The molecule has 0 aromatic carbocycles. The molecule has 10 heavy (non-hydrogen) atoms. The molecule has 0 radical (unpaired) electrons. The van der Waals surface area contributed by atoms with Gasteiger partial charge in [0.15, 0.2) is 0 Å². The number of hydrogen-bond donors (Lipinski definition) is 0. The molecule has 0 aliphatic heterocycles. The van der Waals surface area contributed by atoms with E-state index in [2.05, 4.69) is 23.2 Å². The molecule has 0 rings (SSSR count). The summed E-state index contributed by atoms with van der Waals surface area (Å²) in [5.41, 5.74) is 0. The van der Waals surface area contributed by atoms with Crippen molar-refractivity contribution in [3.05, 3.63) is 0 Å². The summed E-state index contributed by atoms with van der Waals surface area (Å²) < 4.78 is 0. The van der Waals surface area contributed by atoms with Crippen molar-refractivity contribution in [2.24, 2.45) is 10.2 Å². The van der Waals surface area contributed by atoms with Crippen LogP contribution in [0.4, 0.5) is 0 Å². The maximum absolute atomic E-state index is 3.63. The van der Waals surface area contributed by atoms with E-state index >= 15 is 0 Å². The van der Waals surface area contributed by atoms with E-state index in [1.165, 1.54) is 0 Å². The zero-order chi connectivity index (χ0) is 7.82. The molecule has 0 atom stereocenters. The second-order valence-electron chi connectivity index (χ2n) is 1.85. The van der Waals surface area contributed by atoms with Gasteiger partial charge in [-0.1, -0.05) is 0 Å². The number of hydrogen-bond acceptors (Lipinski definition) is 3. The Morgan fingerprint density at radius 3 is 2.90 bits per heavy atom. The van der Waals surface area contributed by atoms with E-state index < -0.39 is 0 Å². The third-order valence-corrected chi connectivity index (χ3v) is 1.57. The second kappa shape index (κ2) is 6.61. The summed E-state index contributed by atoms with van der Waals surface area (Å²) in [6.45, 7) is 4.23. The highest BCUT2D eigenvalue weighted by atomic mass is 32.2. The molecule has 0 bridgehead atoms. The van der Waals surface area contributed by atoms with E-state index in [4.69, 9.17) is 0 Å². The molecule has 0 unspecified atom stereocenters. The minimum absolute atomic E-state index is 1.00. The predicted molar refractivity (Wildman–Crippen MR) is 49.1 cm³/mol. The highest BCUT2D eigenvalue weighted by Crippen LogP contribution is 1.90. The summed E-state index contributed by atoms with van der Waals surface area (Å²) in [4.78, 5) is 1.98. The van der Waals surface area contributed by atoms with Crippen molar-refractivity contribution in [1.29, 1.82) is 0 Å². The Morgan fingerprint density at radius 1 is 1.70 bits per heavy atom. The molecule has 0 amide bonds.